The summed E-state index contributed by atoms with van der Waals surface area (Å²) in [6.07, 6.45) is 0.891. The molecule has 4 rings (SSSR count). The van der Waals surface area contributed by atoms with Crippen molar-refractivity contribution in [3.63, 3.8) is 0 Å². The molecule has 0 unspecified atom stereocenters. The van der Waals surface area contributed by atoms with Gasteiger partial charge in [0.2, 0.25) is 11.8 Å². The fourth-order valence-electron chi connectivity index (χ4n) is 3.50. The van der Waals surface area contributed by atoms with Gasteiger partial charge in [0.15, 0.2) is 5.58 Å². The fraction of sp³-hybridized carbons (Fsp3) is 0.333. The van der Waals surface area contributed by atoms with Crippen LogP contribution in [0.15, 0.2) is 46.9 Å². The summed E-state index contributed by atoms with van der Waals surface area (Å²) in [5.41, 5.74) is 1.28. The van der Waals surface area contributed by atoms with Gasteiger partial charge in [0.25, 0.3) is 0 Å². The molecular formula is C21H22F2N4O2. The number of hydrogen-bond donors (Lipinski definition) is 1. The van der Waals surface area contributed by atoms with Gasteiger partial charge in [0, 0.05) is 19.2 Å². The monoisotopic (exact) mass is 400 g/mol. The zero-order valence-electron chi connectivity index (χ0n) is 15.9. The number of nitrogens with one attached hydrogen (secondary N) is 1. The van der Waals surface area contributed by atoms with E-state index in [9.17, 15) is 13.6 Å². The van der Waals surface area contributed by atoms with E-state index in [1.54, 1.807) is 24.3 Å². The number of benzene rings is 2. The van der Waals surface area contributed by atoms with Crippen molar-refractivity contribution in [3.05, 3.63) is 60.0 Å². The summed E-state index contributed by atoms with van der Waals surface area (Å²) >= 11 is 0. The molecule has 152 valence electrons. The normalized spacial score (nSPS) is 16.1. The van der Waals surface area contributed by atoms with Crippen molar-refractivity contribution < 1.29 is 18.0 Å². The summed E-state index contributed by atoms with van der Waals surface area (Å²) in [5.74, 6) is -0.471. The number of aromatic nitrogens is 1. The average molecular weight is 400 g/mol. The van der Waals surface area contributed by atoms with Gasteiger partial charge >= 0.3 is 0 Å². The number of carbonyl (C=O) groups excluding carboxylic acids is 1. The minimum Gasteiger partial charge on any atom is -0.439 e. The Labute approximate surface area is 167 Å². The number of para-hydroxylation sites is 1. The van der Waals surface area contributed by atoms with Crippen LogP contribution in [0.1, 0.15) is 12.3 Å². The Morgan fingerprint density at radius 2 is 1.86 bits per heavy atom. The minimum atomic E-state index is -0.443. The molecule has 1 saturated heterocycles. The first-order valence-electron chi connectivity index (χ1n) is 9.61. The molecule has 1 amide bonds. The molecule has 1 aliphatic heterocycles. The quantitative estimate of drug-likeness (QED) is 0.712. The number of carbonyl (C=O) groups is 1. The Morgan fingerprint density at radius 3 is 2.72 bits per heavy atom. The van der Waals surface area contributed by atoms with Crippen molar-refractivity contribution in [2.75, 3.05) is 38.0 Å². The maximum absolute atomic E-state index is 13.7. The Bertz CT molecular complexity index is 1010. The second-order valence-electron chi connectivity index (χ2n) is 7.15. The van der Waals surface area contributed by atoms with Gasteiger partial charge in [0.1, 0.15) is 17.2 Å². The molecule has 8 heteroatoms. The van der Waals surface area contributed by atoms with Gasteiger partial charge in [0.05, 0.1) is 18.8 Å². The van der Waals surface area contributed by atoms with Crippen molar-refractivity contribution in [2.24, 2.45) is 0 Å². The van der Waals surface area contributed by atoms with E-state index in [-0.39, 0.29) is 24.0 Å². The third-order valence-corrected chi connectivity index (χ3v) is 4.95. The molecule has 29 heavy (non-hydrogen) atoms. The molecule has 0 radical (unpaired) electrons. The molecule has 0 bridgehead atoms. The van der Waals surface area contributed by atoms with Crippen LogP contribution in [-0.4, -0.2) is 53.4 Å². The summed E-state index contributed by atoms with van der Waals surface area (Å²) < 4.78 is 32.6. The number of oxazole rings is 1. The maximum Gasteiger partial charge on any atom is 0.238 e. The molecule has 0 saturated carbocycles. The van der Waals surface area contributed by atoms with E-state index >= 15 is 0 Å². The van der Waals surface area contributed by atoms with Crippen LogP contribution in [-0.2, 0) is 11.3 Å². The molecule has 1 N–H and O–H groups in total. The number of halogens is 2. The first-order valence-corrected chi connectivity index (χ1v) is 9.61. The highest BCUT2D eigenvalue weighted by molar-refractivity contribution is 5.92. The van der Waals surface area contributed by atoms with Crippen molar-refractivity contribution in [2.45, 2.75) is 13.0 Å². The summed E-state index contributed by atoms with van der Waals surface area (Å²) in [6, 6.07) is 10.4. The molecule has 6 nitrogen and oxygen atoms in total. The lowest BCUT2D eigenvalue weighted by atomic mass is 10.3. The van der Waals surface area contributed by atoms with Crippen molar-refractivity contribution >= 4 is 22.7 Å². The number of rotatable bonds is 5. The third kappa shape index (κ3) is 4.96. The maximum atomic E-state index is 13.7. The van der Waals surface area contributed by atoms with Crippen LogP contribution in [0.2, 0.25) is 0 Å². The Hall–Kier alpha value is -2.84. The van der Waals surface area contributed by atoms with Gasteiger partial charge in [-0.3, -0.25) is 14.6 Å². The highest BCUT2D eigenvalue weighted by Gasteiger charge is 2.19. The van der Waals surface area contributed by atoms with E-state index in [1.165, 1.54) is 18.2 Å². The summed E-state index contributed by atoms with van der Waals surface area (Å²) in [5, 5.41) is 2.62. The predicted molar refractivity (Wildman–Crippen MR) is 105 cm³/mol. The van der Waals surface area contributed by atoms with Crippen molar-refractivity contribution in [1.82, 2.24) is 14.8 Å². The van der Waals surface area contributed by atoms with Crippen LogP contribution < -0.4 is 5.32 Å². The number of hydrogen-bond acceptors (Lipinski definition) is 5. The van der Waals surface area contributed by atoms with Crippen LogP contribution >= 0.6 is 0 Å². The van der Waals surface area contributed by atoms with Crippen molar-refractivity contribution in [1.29, 1.82) is 0 Å². The van der Waals surface area contributed by atoms with Gasteiger partial charge in [-0.2, -0.15) is 0 Å². The van der Waals surface area contributed by atoms with Gasteiger partial charge in [-0.15, -0.1) is 0 Å². The van der Waals surface area contributed by atoms with Crippen LogP contribution in [0.3, 0.4) is 0 Å². The molecule has 3 aromatic rings. The third-order valence-electron chi connectivity index (χ3n) is 4.95. The second-order valence-corrected chi connectivity index (χ2v) is 7.15. The van der Waals surface area contributed by atoms with E-state index < -0.39 is 5.82 Å². The highest BCUT2D eigenvalue weighted by Crippen LogP contribution is 2.18. The van der Waals surface area contributed by atoms with Crippen LogP contribution in [0, 0.1) is 11.6 Å². The Kier molecular flexibility index (Phi) is 5.82. The fourth-order valence-corrected chi connectivity index (χ4v) is 3.50. The first kappa shape index (κ1) is 19.5. The molecular weight excluding hydrogens is 378 g/mol. The second kappa shape index (κ2) is 8.67. The zero-order valence-corrected chi connectivity index (χ0v) is 15.9. The number of amides is 1. The van der Waals surface area contributed by atoms with Gasteiger partial charge in [-0.1, -0.05) is 12.1 Å². The predicted octanol–water partition coefficient (Wildman–Crippen LogP) is 3.25. The largest absolute Gasteiger partial charge is 0.439 e. The van der Waals surface area contributed by atoms with E-state index in [2.05, 4.69) is 20.1 Å². The highest BCUT2D eigenvalue weighted by atomic mass is 19.1. The Balaban J connectivity index is 1.30. The number of fused-ring (bicyclic) bond motifs is 1. The smallest absolute Gasteiger partial charge is 0.238 e. The lowest BCUT2D eigenvalue weighted by molar-refractivity contribution is -0.117. The summed E-state index contributed by atoms with van der Waals surface area (Å²) in [6.45, 7) is 3.83. The van der Waals surface area contributed by atoms with Crippen LogP contribution in [0.4, 0.5) is 14.5 Å². The molecule has 0 atom stereocenters. The van der Waals surface area contributed by atoms with E-state index in [0.717, 1.165) is 26.1 Å². The molecule has 0 spiro atoms. The first-order chi connectivity index (χ1) is 14.1. The van der Waals surface area contributed by atoms with Crippen LogP contribution in [0.25, 0.3) is 11.1 Å². The van der Waals surface area contributed by atoms with Crippen molar-refractivity contribution in [3.8, 4) is 0 Å². The zero-order chi connectivity index (χ0) is 20.2. The molecule has 2 heterocycles. The topological polar surface area (TPSA) is 61.6 Å². The lowest BCUT2D eigenvalue weighted by Gasteiger charge is -2.20. The number of anilines is 1. The average Bonchev–Trinajstić information content (AvgIpc) is 2.95. The summed E-state index contributed by atoms with van der Waals surface area (Å²) in [7, 11) is 0. The lowest BCUT2D eigenvalue weighted by Crippen LogP contribution is -2.36. The van der Waals surface area contributed by atoms with Gasteiger partial charge < -0.3 is 9.73 Å². The molecule has 0 aliphatic carbocycles. The van der Waals surface area contributed by atoms with Gasteiger partial charge in [-0.25, -0.2) is 13.8 Å². The van der Waals surface area contributed by atoms with E-state index in [1.807, 2.05) is 0 Å². The SMILES string of the molecule is O=C(CN1CCCN(Cc2nc3ccc(F)cc3o2)CC1)Nc1ccccc1F. The van der Waals surface area contributed by atoms with E-state index in [0.29, 0.717) is 30.1 Å². The molecule has 1 aliphatic rings. The molecule has 1 aromatic heterocycles. The van der Waals surface area contributed by atoms with Gasteiger partial charge in [-0.05, 0) is 43.8 Å². The number of nitrogens with zero attached hydrogens (tertiary/aromatic N) is 3. The standard InChI is InChI=1S/C21H22F2N4O2/c22-15-6-7-18-19(12-15)29-21(25-18)14-27-9-3-8-26(10-11-27)13-20(28)24-17-5-2-1-4-16(17)23/h1-2,4-7,12H,3,8-11,13-14H2,(H,24,28). The molecule has 1 fully saturated rings. The van der Waals surface area contributed by atoms with E-state index in [4.69, 9.17) is 4.42 Å². The minimum absolute atomic E-state index is 0.196. The summed E-state index contributed by atoms with van der Waals surface area (Å²) in [4.78, 5) is 20.9. The molecule has 2 aromatic carbocycles. The Morgan fingerprint density at radius 1 is 1.07 bits per heavy atom. The van der Waals surface area contributed by atoms with Crippen LogP contribution in [0.5, 0.6) is 0 Å².